The smallest absolute Gasteiger partial charge is 0.252 e. The Balaban J connectivity index is 2.28. The van der Waals surface area contributed by atoms with Gasteiger partial charge in [-0.05, 0) is 23.9 Å². The Bertz CT molecular complexity index is 485. The molecule has 1 fully saturated rings. The number of hydrogen-bond acceptors (Lipinski definition) is 4. The van der Waals surface area contributed by atoms with Gasteiger partial charge in [0, 0.05) is 18.5 Å². The maximum Gasteiger partial charge on any atom is 0.252 e. The third kappa shape index (κ3) is 2.66. The summed E-state index contributed by atoms with van der Waals surface area (Å²) in [4.78, 5) is 0. The summed E-state index contributed by atoms with van der Waals surface area (Å²) < 4.78 is 31.8. The minimum absolute atomic E-state index is 0.115. The van der Waals surface area contributed by atoms with Crippen molar-refractivity contribution in [3.63, 3.8) is 0 Å². The lowest BCUT2D eigenvalue weighted by Gasteiger charge is -2.31. The van der Waals surface area contributed by atoms with Crippen LogP contribution in [0.25, 0.3) is 0 Å². The molecule has 4 nitrogen and oxygen atoms in total. The van der Waals surface area contributed by atoms with Crippen molar-refractivity contribution in [2.75, 3.05) is 19.8 Å². The van der Waals surface area contributed by atoms with Gasteiger partial charge in [0.15, 0.2) is 0 Å². The standard InChI is InChI=1S/C10H14ClNO3S2/c1-8-6-15-3-2-12(8)17(13,14)10-4-9(5-11)7-16-10/h4,7-8H,2-3,5-6H2,1H3. The van der Waals surface area contributed by atoms with Crippen LogP contribution in [0.1, 0.15) is 12.5 Å². The maximum absolute atomic E-state index is 12.4. The second kappa shape index (κ2) is 5.24. The highest BCUT2D eigenvalue weighted by atomic mass is 35.5. The number of hydrogen-bond donors (Lipinski definition) is 0. The number of rotatable bonds is 3. The normalized spacial score (nSPS) is 22.8. The first-order valence-corrected chi connectivity index (χ1v) is 8.14. The SMILES string of the molecule is CC1COCCN1S(=O)(=O)c1cc(CCl)cs1. The van der Waals surface area contributed by atoms with Gasteiger partial charge in [0.05, 0.1) is 13.2 Å². The summed E-state index contributed by atoms with van der Waals surface area (Å²) in [6.45, 7) is 3.18. The van der Waals surface area contributed by atoms with Crippen molar-refractivity contribution < 1.29 is 13.2 Å². The third-order valence-electron chi connectivity index (χ3n) is 2.65. The lowest BCUT2D eigenvalue weighted by Crippen LogP contribution is -2.46. The highest BCUT2D eigenvalue weighted by Crippen LogP contribution is 2.26. The zero-order valence-corrected chi connectivity index (χ0v) is 11.8. The third-order valence-corrected chi connectivity index (χ3v) is 6.44. The molecular weight excluding hydrogens is 282 g/mol. The zero-order valence-electron chi connectivity index (χ0n) is 9.43. The fourth-order valence-corrected chi connectivity index (χ4v) is 4.93. The topological polar surface area (TPSA) is 46.6 Å². The van der Waals surface area contributed by atoms with Crippen molar-refractivity contribution in [2.45, 2.75) is 23.1 Å². The first-order valence-electron chi connectivity index (χ1n) is 5.28. The predicted molar refractivity (Wildman–Crippen MR) is 68.0 cm³/mol. The van der Waals surface area contributed by atoms with Crippen molar-refractivity contribution >= 4 is 33.0 Å². The van der Waals surface area contributed by atoms with Gasteiger partial charge in [-0.2, -0.15) is 4.31 Å². The molecule has 1 aromatic heterocycles. The molecule has 1 aromatic rings. The van der Waals surface area contributed by atoms with Gasteiger partial charge >= 0.3 is 0 Å². The molecule has 1 aliphatic rings. The molecule has 0 amide bonds. The summed E-state index contributed by atoms with van der Waals surface area (Å²) in [7, 11) is -3.39. The number of alkyl halides is 1. The van der Waals surface area contributed by atoms with Crippen molar-refractivity contribution in [3.05, 3.63) is 17.0 Å². The van der Waals surface area contributed by atoms with Gasteiger partial charge in [-0.15, -0.1) is 22.9 Å². The van der Waals surface area contributed by atoms with Crippen LogP contribution in [0.15, 0.2) is 15.7 Å². The highest BCUT2D eigenvalue weighted by Gasteiger charge is 2.32. The van der Waals surface area contributed by atoms with Crippen molar-refractivity contribution in [1.29, 1.82) is 0 Å². The van der Waals surface area contributed by atoms with Crippen molar-refractivity contribution in [3.8, 4) is 0 Å². The van der Waals surface area contributed by atoms with E-state index in [1.54, 1.807) is 11.4 Å². The summed E-state index contributed by atoms with van der Waals surface area (Å²) in [6, 6.07) is 1.53. The molecule has 0 radical (unpaired) electrons. The minimum atomic E-state index is -3.39. The maximum atomic E-state index is 12.4. The van der Waals surface area contributed by atoms with Crippen molar-refractivity contribution in [1.82, 2.24) is 4.31 Å². The molecule has 1 aliphatic heterocycles. The second-order valence-corrected chi connectivity index (χ2v) is 7.24. The molecule has 0 aromatic carbocycles. The molecule has 0 bridgehead atoms. The molecule has 0 aliphatic carbocycles. The Morgan fingerprint density at radius 3 is 3.00 bits per heavy atom. The number of nitrogens with zero attached hydrogens (tertiary/aromatic N) is 1. The molecule has 7 heteroatoms. The quantitative estimate of drug-likeness (QED) is 0.800. The van der Waals surface area contributed by atoms with Crippen LogP contribution in [0.5, 0.6) is 0 Å². The van der Waals surface area contributed by atoms with E-state index >= 15 is 0 Å². The average molecular weight is 296 g/mol. The fraction of sp³-hybridized carbons (Fsp3) is 0.600. The highest BCUT2D eigenvalue weighted by molar-refractivity contribution is 7.91. The van der Waals surface area contributed by atoms with E-state index in [0.717, 1.165) is 5.56 Å². The first-order chi connectivity index (χ1) is 8.05. The van der Waals surface area contributed by atoms with Crippen LogP contribution >= 0.6 is 22.9 Å². The van der Waals surface area contributed by atoms with Gasteiger partial charge in [-0.3, -0.25) is 0 Å². The second-order valence-electron chi connectivity index (χ2n) is 3.95. The van der Waals surface area contributed by atoms with E-state index in [2.05, 4.69) is 0 Å². The molecule has 1 saturated heterocycles. The van der Waals surface area contributed by atoms with Crippen LogP contribution < -0.4 is 0 Å². The number of ether oxygens (including phenoxy) is 1. The Kier molecular flexibility index (Phi) is 4.10. The van der Waals surface area contributed by atoms with Crippen LogP contribution in [-0.4, -0.2) is 38.5 Å². The molecule has 1 unspecified atom stereocenters. The van der Waals surface area contributed by atoms with Gasteiger partial charge in [0.25, 0.3) is 10.0 Å². The molecule has 17 heavy (non-hydrogen) atoms. The predicted octanol–water partition coefficient (Wildman–Crippen LogP) is 1.90. The molecule has 1 atom stereocenters. The van der Waals surface area contributed by atoms with E-state index in [9.17, 15) is 8.42 Å². The molecule has 96 valence electrons. The largest absolute Gasteiger partial charge is 0.378 e. The van der Waals surface area contributed by atoms with E-state index in [0.29, 0.717) is 29.8 Å². The summed E-state index contributed by atoms with van der Waals surface area (Å²) in [5.41, 5.74) is 0.844. The van der Waals surface area contributed by atoms with Crippen LogP contribution in [0.4, 0.5) is 0 Å². The van der Waals surface area contributed by atoms with E-state index in [4.69, 9.17) is 16.3 Å². The van der Waals surface area contributed by atoms with Gasteiger partial charge < -0.3 is 4.74 Å². The van der Waals surface area contributed by atoms with Crippen LogP contribution in [0.2, 0.25) is 0 Å². The van der Waals surface area contributed by atoms with Crippen LogP contribution in [0, 0.1) is 0 Å². The lowest BCUT2D eigenvalue weighted by atomic mass is 10.3. The lowest BCUT2D eigenvalue weighted by molar-refractivity contribution is 0.0393. The number of sulfonamides is 1. The zero-order chi connectivity index (χ0) is 12.5. The minimum Gasteiger partial charge on any atom is -0.378 e. The van der Waals surface area contributed by atoms with Gasteiger partial charge in [0.2, 0.25) is 0 Å². The molecule has 0 spiro atoms. The average Bonchev–Trinajstić information content (AvgIpc) is 2.78. The summed E-state index contributed by atoms with van der Waals surface area (Å²) in [5, 5.41) is 1.78. The van der Waals surface area contributed by atoms with E-state index in [1.807, 2.05) is 6.92 Å². The van der Waals surface area contributed by atoms with E-state index in [1.165, 1.54) is 15.6 Å². The monoisotopic (exact) mass is 295 g/mol. The summed E-state index contributed by atoms with van der Waals surface area (Å²) in [5.74, 6) is 0.338. The van der Waals surface area contributed by atoms with E-state index < -0.39 is 10.0 Å². The number of halogens is 1. The summed E-state index contributed by atoms with van der Waals surface area (Å²) >= 11 is 6.90. The number of thiophene rings is 1. The summed E-state index contributed by atoms with van der Waals surface area (Å²) in [6.07, 6.45) is 0. The van der Waals surface area contributed by atoms with E-state index in [-0.39, 0.29) is 6.04 Å². The van der Waals surface area contributed by atoms with Gasteiger partial charge in [-0.25, -0.2) is 8.42 Å². The van der Waals surface area contributed by atoms with Crippen LogP contribution in [0.3, 0.4) is 0 Å². The molecule has 0 saturated carbocycles. The molecule has 2 rings (SSSR count). The fourth-order valence-electron chi connectivity index (χ4n) is 1.74. The van der Waals surface area contributed by atoms with Gasteiger partial charge in [-0.1, -0.05) is 0 Å². The Hall–Kier alpha value is -0.140. The van der Waals surface area contributed by atoms with Gasteiger partial charge in [0.1, 0.15) is 4.21 Å². The Morgan fingerprint density at radius 2 is 2.41 bits per heavy atom. The molecular formula is C10H14ClNO3S2. The first kappa shape index (κ1) is 13.3. The molecule has 0 N–H and O–H groups in total. The van der Waals surface area contributed by atoms with Crippen LogP contribution in [-0.2, 0) is 20.6 Å². The molecule has 2 heterocycles. The Labute approximate surface area is 110 Å². The Morgan fingerprint density at radius 1 is 1.65 bits per heavy atom. The van der Waals surface area contributed by atoms with Crippen molar-refractivity contribution in [2.24, 2.45) is 0 Å². The number of morpholine rings is 1.